The molecule has 0 bridgehead atoms. The molecule has 1 aliphatic carbocycles. The number of benzene rings is 3. The van der Waals surface area contributed by atoms with Crippen molar-refractivity contribution in [2.75, 3.05) is 11.9 Å². The average molecular weight is 369 g/mol. The van der Waals surface area contributed by atoms with Gasteiger partial charge in [0.1, 0.15) is 0 Å². The first kappa shape index (κ1) is 18.2. The lowest BCUT2D eigenvalue weighted by Crippen LogP contribution is -2.29. The summed E-state index contributed by atoms with van der Waals surface area (Å²) in [6, 6.07) is 24.6. The summed E-state index contributed by atoms with van der Waals surface area (Å²) in [4.78, 5) is 14.8. The maximum absolute atomic E-state index is 12.4. The summed E-state index contributed by atoms with van der Waals surface area (Å²) in [6.07, 6.45) is 2.85. The van der Waals surface area contributed by atoms with E-state index in [2.05, 4.69) is 58.8 Å². The molecule has 4 nitrogen and oxygen atoms in total. The van der Waals surface area contributed by atoms with E-state index in [9.17, 15) is 4.79 Å². The van der Waals surface area contributed by atoms with E-state index in [4.69, 9.17) is 5.26 Å². The minimum atomic E-state index is -0.0151. The minimum Gasteiger partial charge on any atom is -0.326 e. The summed E-state index contributed by atoms with van der Waals surface area (Å²) in [5.41, 5.74) is 2.54. The highest BCUT2D eigenvalue weighted by Gasteiger charge is 2.29. The third-order valence-electron chi connectivity index (χ3n) is 5.22. The van der Waals surface area contributed by atoms with Crippen molar-refractivity contribution in [2.45, 2.75) is 31.8 Å². The predicted molar refractivity (Wildman–Crippen MR) is 112 cm³/mol. The van der Waals surface area contributed by atoms with Crippen molar-refractivity contribution in [1.82, 2.24) is 4.90 Å². The molecule has 4 rings (SSSR count). The quantitative estimate of drug-likeness (QED) is 0.656. The molecule has 1 N–H and O–H groups in total. The number of carbonyl (C=O) groups excluding carboxylic acids is 1. The van der Waals surface area contributed by atoms with Gasteiger partial charge >= 0.3 is 0 Å². The Bertz CT molecular complexity index is 1030. The van der Waals surface area contributed by atoms with Gasteiger partial charge in [0, 0.05) is 31.2 Å². The largest absolute Gasteiger partial charge is 0.326 e. The molecule has 140 valence electrons. The van der Waals surface area contributed by atoms with Gasteiger partial charge in [-0.2, -0.15) is 5.26 Å². The Morgan fingerprint density at radius 2 is 1.86 bits per heavy atom. The summed E-state index contributed by atoms with van der Waals surface area (Å²) < 4.78 is 0. The van der Waals surface area contributed by atoms with Crippen LogP contribution in [0.1, 0.15) is 30.4 Å². The second kappa shape index (κ2) is 8.24. The lowest BCUT2D eigenvalue weighted by atomic mass is 10.0. The lowest BCUT2D eigenvalue weighted by molar-refractivity contribution is -0.116. The van der Waals surface area contributed by atoms with E-state index >= 15 is 0 Å². The maximum Gasteiger partial charge on any atom is 0.225 e. The Morgan fingerprint density at radius 3 is 2.68 bits per heavy atom. The molecule has 3 aromatic carbocycles. The normalized spacial score (nSPS) is 13.4. The van der Waals surface area contributed by atoms with E-state index in [-0.39, 0.29) is 5.91 Å². The molecule has 0 aromatic heterocycles. The van der Waals surface area contributed by atoms with Gasteiger partial charge in [0.05, 0.1) is 11.6 Å². The number of nitrogens with one attached hydrogen (secondary N) is 1. The van der Waals surface area contributed by atoms with Gasteiger partial charge in [-0.25, -0.2) is 0 Å². The Morgan fingerprint density at radius 1 is 1.07 bits per heavy atom. The zero-order valence-electron chi connectivity index (χ0n) is 15.8. The van der Waals surface area contributed by atoms with Crippen molar-refractivity contribution in [1.29, 1.82) is 5.26 Å². The molecule has 1 fully saturated rings. The Kier molecular flexibility index (Phi) is 5.36. The average Bonchev–Trinajstić information content (AvgIpc) is 3.56. The van der Waals surface area contributed by atoms with Gasteiger partial charge in [-0.3, -0.25) is 9.69 Å². The van der Waals surface area contributed by atoms with Crippen LogP contribution < -0.4 is 5.32 Å². The van der Waals surface area contributed by atoms with Gasteiger partial charge < -0.3 is 5.32 Å². The highest BCUT2D eigenvalue weighted by Crippen LogP contribution is 2.30. The Hall–Kier alpha value is -3.16. The Labute approximate surface area is 165 Å². The number of anilines is 1. The maximum atomic E-state index is 12.4. The number of hydrogen-bond acceptors (Lipinski definition) is 3. The summed E-state index contributed by atoms with van der Waals surface area (Å²) in [5, 5.41) is 14.4. The summed E-state index contributed by atoms with van der Waals surface area (Å²) in [7, 11) is 0. The van der Waals surface area contributed by atoms with Crippen molar-refractivity contribution in [3.05, 3.63) is 77.9 Å². The van der Waals surface area contributed by atoms with Crippen molar-refractivity contribution in [3.63, 3.8) is 0 Å². The van der Waals surface area contributed by atoms with Crippen LogP contribution in [0.4, 0.5) is 5.69 Å². The second-order valence-corrected chi connectivity index (χ2v) is 7.33. The standard InChI is InChI=1S/C24H23N3O/c25-16-18-5-3-9-21(15-18)26-24(28)13-14-27(22-11-12-22)17-20-8-4-7-19-6-1-2-10-23(19)20/h1-10,15,22H,11-14,17H2,(H,26,28). The summed E-state index contributed by atoms with van der Waals surface area (Å²) in [6.45, 7) is 1.60. The van der Waals surface area contributed by atoms with E-state index in [1.807, 2.05) is 6.07 Å². The number of nitriles is 1. The van der Waals surface area contributed by atoms with Gasteiger partial charge in [-0.05, 0) is 47.4 Å². The van der Waals surface area contributed by atoms with Gasteiger partial charge in [0.2, 0.25) is 5.91 Å². The predicted octanol–water partition coefficient (Wildman–Crippen LogP) is 4.70. The van der Waals surface area contributed by atoms with Crippen molar-refractivity contribution < 1.29 is 4.79 Å². The highest BCUT2D eigenvalue weighted by molar-refractivity contribution is 5.91. The molecule has 3 aromatic rings. The van der Waals surface area contributed by atoms with Crippen molar-refractivity contribution in [3.8, 4) is 6.07 Å². The van der Waals surface area contributed by atoms with Crippen LogP contribution in [0.15, 0.2) is 66.7 Å². The first-order chi connectivity index (χ1) is 13.7. The third kappa shape index (κ3) is 4.39. The van der Waals surface area contributed by atoms with Gasteiger partial charge in [-0.15, -0.1) is 0 Å². The minimum absolute atomic E-state index is 0.0151. The number of nitrogens with zero attached hydrogens (tertiary/aromatic N) is 2. The number of rotatable bonds is 7. The van der Waals surface area contributed by atoms with Crippen LogP contribution in [0, 0.1) is 11.3 Å². The molecule has 0 aliphatic heterocycles. The van der Waals surface area contributed by atoms with Crippen molar-refractivity contribution in [2.24, 2.45) is 0 Å². The molecule has 0 atom stereocenters. The fourth-order valence-corrected chi connectivity index (χ4v) is 3.61. The molecule has 0 unspecified atom stereocenters. The van der Waals surface area contributed by atoms with Crippen LogP contribution in [-0.4, -0.2) is 23.4 Å². The number of amides is 1. The topological polar surface area (TPSA) is 56.1 Å². The van der Waals surface area contributed by atoms with E-state index in [0.29, 0.717) is 23.7 Å². The number of fused-ring (bicyclic) bond motifs is 1. The molecular weight excluding hydrogens is 346 g/mol. The zero-order chi connectivity index (χ0) is 19.3. The van der Waals surface area contributed by atoms with Crippen LogP contribution in [0.25, 0.3) is 10.8 Å². The Balaban J connectivity index is 1.40. The highest BCUT2D eigenvalue weighted by atomic mass is 16.1. The van der Waals surface area contributed by atoms with Gasteiger partial charge in [0.15, 0.2) is 0 Å². The van der Waals surface area contributed by atoms with Crippen LogP contribution in [0.3, 0.4) is 0 Å². The molecule has 0 heterocycles. The fourth-order valence-electron chi connectivity index (χ4n) is 3.61. The van der Waals surface area contributed by atoms with Gasteiger partial charge in [0.25, 0.3) is 0 Å². The zero-order valence-corrected chi connectivity index (χ0v) is 15.8. The van der Waals surface area contributed by atoms with Crippen LogP contribution in [0.2, 0.25) is 0 Å². The van der Waals surface area contributed by atoms with Crippen LogP contribution >= 0.6 is 0 Å². The smallest absolute Gasteiger partial charge is 0.225 e. The molecule has 1 amide bonds. The second-order valence-electron chi connectivity index (χ2n) is 7.33. The molecule has 0 spiro atoms. The molecule has 1 saturated carbocycles. The number of carbonyl (C=O) groups is 1. The van der Waals surface area contributed by atoms with E-state index < -0.39 is 0 Å². The first-order valence-electron chi connectivity index (χ1n) is 9.73. The molecule has 4 heteroatoms. The van der Waals surface area contributed by atoms with Crippen molar-refractivity contribution >= 4 is 22.4 Å². The van der Waals surface area contributed by atoms with E-state index in [1.165, 1.54) is 29.2 Å². The van der Waals surface area contributed by atoms with Gasteiger partial charge in [-0.1, -0.05) is 48.5 Å². The van der Waals surface area contributed by atoms with Crippen LogP contribution in [-0.2, 0) is 11.3 Å². The first-order valence-corrected chi connectivity index (χ1v) is 9.73. The SMILES string of the molecule is N#Cc1cccc(NC(=O)CCN(Cc2cccc3ccccc23)C2CC2)c1. The molecule has 1 aliphatic rings. The van der Waals surface area contributed by atoms with Crippen LogP contribution in [0.5, 0.6) is 0 Å². The fraction of sp³-hybridized carbons (Fsp3) is 0.250. The molecule has 0 radical (unpaired) electrons. The number of hydrogen-bond donors (Lipinski definition) is 1. The summed E-state index contributed by atoms with van der Waals surface area (Å²) >= 11 is 0. The van der Waals surface area contributed by atoms with E-state index in [1.54, 1.807) is 18.2 Å². The van der Waals surface area contributed by atoms with E-state index in [0.717, 1.165) is 13.1 Å². The molecule has 28 heavy (non-hydrogen) atoms. The molecule has 0 saturated heterocycles. The summed E-state index contributed by atoms with van der Waals surface area (Å²) in [5.74, 6) is -0.0151. The third-order valence-corrected chi connectivity index (χ3v) is 5.22. The monoisotopic (exact) mass is 369 g/mol. The lowest BCUT2D eigenvalue weighted by Gasteiger charge is -2.22. The molecular formula is C24H23N3O.